The van der Waals surface area contributed by atoms with Gasteiger partial charge in [0.2, 0.25) is 21.8 Å². The van der Waals surface area contributed by atoms with E-state index in [1.54, 1.807) is 11.8 Å². The van der Waals surface area contributed by atoms with Gasteiger partial charge in [0.25, 0.3) is 5.91 Å². The number of allylic oxidation sites excluding steroid dienone is 1. The van der Waals surface area contributed by atoms with Crippen molar-refractivity contribution in [2.45, 2.75) is 94.9 Å². The summed E-state index contributed by atoms with van der Waals surface area (Å²) in [5.41, 5.74) is -1.28. The summed E-state index contributed by atoms with van der Waals surface area (Å²) in [7, 11) is -3.81. The molecule has 9 heteroatoms. The Bertz CT molecular complexity index is 957. The van der Waals surface area contributed by atoms with E-state index in [2.05, 4.69) is 23.9 Å². The monoisotopic (exact) mass is 479 g/mol. The fourth-order valence-electron chi connectivity index (χ4n) is 5.35. The van der Waals surface area contributed by atoms with Crippen LogP contribution >= 0.6 is 0 Å². The lowest BCUT2D eigenvalue weighted by Gasteiger charge is -2.28. The summed E-state index contributed by atoms with van der Waals surface area (Å²) in [6.07, 6.45) is 9.87. The molecule has 3 fully saturated rings. The van der Waals surface area contributed by atoms with Gasteiger partial charge < -0.3 is 10.2 Å². The molecule has 4 aliphatic rings. The smallest absolute Gasteiger partial charge is 0.259 e. The Kier molecular flexibility index (Phi) is 6.39. The van der Waals surface area contributed by atoms with Crippen LogP contribution in [-0.4, -0.2) is 53.9 Å². The van der Waals surface area contributed by atoms with Crippen molar-refractivity contribution in [3.8, 4) is 0 Å². The summed E-state index contributed by atoms with van der Waals surface area (Å²) in [6.45, 7) is 6.44. The molecule has 5 atom stereocenters. The van der Waals surface area contributed by atoms with Gasteiger partial charge in [0, 0.05) is 18.9 Å². The zero-order valence-corrected chi connectivity index (χ0v) is 20.7. The minimum atomic E-state index is -3.81. The summed E-state index contributed by atoms with van der Waals surface area (Å²) < 4.78 is 26.7. The Morgan fingerprint density at radius 2 is 1.91 bits per heavy atom. The van der Waals surface area contributed by atoms with E-state index in [0.717, 1.165) is 25.7 Å². The number of amides is 3. The quantitative estimate of drug-likeness (QED) is 0.603. The Hall–Kier alpha value is -1.90. The zero-order chi connectivity index (χ0) is 24.0. The maximum atomic E-state index is 13.3. The lowest BCUT2D eigenvalue weighted by atomic mass is 9.91. The highest BCUT2D eigenvalue weighted by atomic mass is 32.2. The third-order valence-corrected chi connectivity index (χ3v) is 10.2. The lowest BCUT2D eigenvalue weighted by molar-refractivity contribution is -0.140. The second-order valence-corrected chi connectivity index (χ2v) is 13.3. The lowest BCUT2D eigenvalue weighted by Crippen LogP contribution is -2.57. The molecule has 2 N–H and O–H groups in total. The maximum Gasteiger partial charge on any atom is 0.259 e. The molecule has 8 nitrogen and oxygen atoms in total. The minimum absolute atomic E-state index is 0.0181. The molecule has 33 heavy (non-hydrogen) atoms. The van der Waals surface area contributed by atoms with Crippen molar-refractivity contribution in [1.29, 1.82) is 0 Å². The van der Waals surface area contributed by atoms with E-state index in [4.69, 9.17) is 0 Å². The Labute approximate surface area is 197 Å². The predicted octanol–water partition coefficient (Wildman–Crippen LogP) is 2.25. The third-order valence-electron chi connectivity index (χ3n) is 7.99. The average Bonchev–Trinajstić information content (AvgIpc) is 3.57. The van der Waals surface area contributed by atoms with E-state index in [1.807, 2.05) is 12.2 Å². The van der Waals surface area contributed by atoms with Crippen LogP contribution in [0.5, 0.6) is 0 Å². The van der Waals surface area contributed by atoms with Gasteiger partial charge in [-0.25, -0.2) is 8.42 Å². The molecule has 2 saturated carbocycles. The average molecular weight is 480 g/mol. The molecule has 0 aromatic rings. The normalized spacial score (nSPS) is 36.6. The van der Waals surface area contributed by atoms with Gasteiger partial charge in [-0.2, -0.15) is 0 Å². The Morgan fingerprint density at radius 1 is 1.18 bits per heavy atom. The minimum Gasteiger partial charge on any atom is -0.339 e. The molecule has 0 radical (unpaired) electrons. The summed E-state index contributed by atoms with van der Waals surface area (Å²) in [6, 6.07) is -0.611. The molecule has 184 valence electrons. The first-order valence-corrected chi connectivity index (χ1v) is 13.8. The second kappa shape index (κ2) is 8.71. The van der Waals surface area contributed by atoms with E-state index in [9.17, 15) is 22.8 Å². The van der Waals surface area contributed by atoms with Crippen LogP contribution in [0.1, 0.15) is 78.6 Å². The maximum absolute atomic E-state index is 13.3. The molecule has 0 spiro atoms. The summed E-state index contributed by atoms with van der Waals surface area (Å²) in [5, 5.41) is 2.88. The van der Waals surface area contributed by atoms with Crippen LogP contribution in [0, 0.1) is 17.8 Å². The fraction of sp³-hybridized carbons (Fsp3) is 0.792. The number of hydrogen-bond donors (Lipinski definition) is 2. The number of nitrogens with one attached hydrogen (secondary N) is 2. The number of rotatable bonds is 3. The van der Waals surface area contributed by atoms with Crippen molar-refractivity contribution in [3.63, 3.8) is 0 Å². The van der Waals surface area contributed by atoms with Gasteiger partial charge in [-0.1, -0.05) is 26.0 Å². The first kappa shape index (κ1) is 24.2. The predicted molar refractivity (Wildman–Crippen MR) is 124 cm³/mol. The van der Waals surface area contributed by atoms with Crippen LogP contribution in [0.3, 0.4) is 0 Å². The highest BCUT2D eigenvalue weighted by Crippen LogP contribution is 2.47. The molecule has 0 aromatic carbocycles. The molecule has 3 amide bonds. The van der Waals surface area contributed by atoms with Gasteiger partial charge >= 0.3 is 0 Å². The van der Waals surface area contributed by atoms with Crippen LogP contribution in [-0.2, 0) is 24.4 Å². The van der Waals surface area contributed by atoms with E-state index in [0.29, 0.717) is 44.6 Å². The van der Waals surface area contributed by atoms with Gasteiger partial charge in [0.1, 0.15) is 11.6 Å². The number of carbonyl (C=O) groups is 3. The molecule has 5 unspecified atom stereocenters. The van der Waals surface area contributed by atoms with Crippen molar-refractivity contribution in [3.05, 3.63) is 12.2 Å². The van der Waals surface area contributed by atoms with E-state index in [1.165, 1.54) is 0 Å². The summed E-state index contributed by atoms with van der Waals surface area (Å²) in [4.78, 5) is 41.1. The molecular formula is C24H37N3O5S. The molecule has 2 aliphatic heterocycles. The van der Waals surface area contributed by atoms with Gasteiger partial charge in [0.05, 0.1) is 4.75 Å². The van der Waals surface area contributed by atoms with Gasteiger partial charge in [-0.3, -0.25) is 19.1 Å². The molecule has 0 aromatic heterocycles. The zero-order valence-electron chi connectivity index (χ0n) is 19.9. The van der Waals surface area contributed by atoms with Crippen LogP contribution in [0.4, 0.5) is 0 Å². The highest BCUT2D eigenvalue weighted by Gasteiger charge is 2.62. The van der Waals surface area contributed by atoms with E-state index < -0.39 is 32.3 Å². The topological polar surface area (TPSA) is 113 Å². The number of hydrogen-bond acceptors (Lipinski definition) is 5. The van der Waals surface area contributed by atoms with Crippen LogP contribution in [0.2, 0.25) is 0 Å². The number of carbonyl (C=O) groups excluding carboxylic acids is 3. The molecule has 0 bridgehead atoms. The van der Waals surface area contributed by atoms with Gasteiger partial charge in [-0.05, 0) is 70.1 Å². The Morgan fingerprint density at radius 3 is 2.61 bits per heavy atom. The molecule has 4 rings (SSSR count). The number of nitrogens with zero attached hydrogens (tertiary/aromatic N) is 1. The van der Waals surface area contributed by atoms with Gasteiger partial charge in [0.15, 0.2) is 0 Å². The van der Waals surface area contributed by atoms with Crippen molar-refractivity contribution < 1.29 is 22.8 Å². The molecule has 1 saturated heterocycles. The second-order valence-electron chi connectivity index (χ2n) is 11.1. The fourth-order valence-corrected chi connectivity index (χ4v) is 6.66. The van der Waals surface area contributed by atoms with Crippen LogP contribution in [0.15, 0.2) is 12.2 Å². The molecule has 2 aliphatic carbocycles. The largest absolute Gasteiger partial charge is 0.339 e. The van der Waals surface area contributed by atoms with E-state index >= 15 is 0 Å². The van der Waals surface area contributed by atoms with Gasteiger partial charge in [-0.15, -0.1) is 0 Å². The highest BCUT2D eigenvalue weighted by molar-refractivity contribution is 7.91. The molecule has 2 heterocycles. The van der Waals surface area contributed by atoms with Crippen LogP contribution in [0.25, 0.3) is 0 Å². The summed E-state index contributed by atoms with van der Waals surface area (Å²) in [5.74, 6) is -0.596. The van der Waals surface area contributed by atoms with Crippen molar-refractivity contribution >= 4 is 27.7 Å². The van der Waals surface area contributed by atoms with Crippen molar-refractivity contribution in [1.82, 2.24) is 14.9 Å². The number of fused-ring (bicyclic) bond motifs is 2. The standard InChI is InChI=1S/C24H37N3O5S/c1-16-7-4-5-8-18-15-24(18,22(30)26-33(31,32)23(3)10-11-23)25-21(29)19-9-6-12-27(19)20(28)14-17(2)13-16/h5,8,16-19H,4,6-7,9-15H2,1-3H3,(H,25,29)(H,26,30). The third kappa shape index (κ3) is 4.84. The summed E-state index contributed by atoms with van der Waals surface area (Å²) >= 11 is 0. The Balaban J connectivity index is 1.57. The van der Waals surface area contributed by atoms with Crippen molar-refractivity contribution in [2.24, 2.45) is 17.8 Å². The first-order valence-electron chi connectivity index (χ1n) is 12.3. The SMILES string of the molecule is CC1CCC=CC2CC2(C(=O)NS(=O)(=O)C2(C)CC2)NC(=O)C2CCCN2C(=O)CC(C)C1. The number of sulfonamides is 1. The first-order chi connectivity index (χ1) is 15.5. The van der Waals surface area contributed by atoms with E-state index in [-0.39, 0.29) is 23.7 Å². The van der Waals surface area contributed by atoms with Crippen LogP contribution < -0.4 is 10.0 Å². The van der Waals surface area contributed by atoms with Crippen molar-refractivity contribution in [2.75, 3.05) is 6.54 Å². The molecular weight excluding hydrogens is 442 g/mol.